The average Bonchev–Trinajstić information content (AvgIpc) is 2.58. The van der Waals surface area contributed by atoms with Crippen molar-refractivity contribution in [2.45, 2.75) is 13.8 Å². The van der Waals surface area contributed by atoms with Gasteiger partial charge in [-0.15, -0.1) is 0 Å². The second kappa shape index (κ2) is 5.17. The van der Waals surface area contributed by atoms with Gasteiger partial charge < -0.3 is 4.90 Å². The van der Waals surface area contributed by atoms with Gasteiger partial charge in [0.15, 0.2) is 0 Å². The van der Waals surface area contributed by atoms with Gasteiger partial charge in [-0.25, -0.2) is 0 Å². The van der Waals surface area contributed by atoms with Gasteiger partial charge in [-0.05, 0) is 6.07 Å². The number of benzene rings is 1. The van der Waals surface area contributed by atoms with Crippen LogP contribution in [0.15, 0.2) is 23.2 Å². The van der Waals surface area contributed by atoms with Crippen LogP contribution in [0, 0.1) is 16.0 Å². The number of anilines is 1. The lowest BCUT2D eigenvalue weighted by Gasteiger charge is -2.24. The molecule has 0 aliphatic carbocycles. The van der Waals surface area contributed by atoms with Crippen molar-refractivity contribution in [2.75, 3.05) is 18.0 Å². The van der Waals surface area contributed by atoms with Crippen molar-refractivity contribution >= 4 is 23.5 Å². The quantitative estimate of drug-likeness (QED) is 0.603. The zero-order valence-electron chi connectivity index (χ0n) is 10.9. The topological polar surface area (TPSA) is 75.8 Å². The van der Waals surface area contributed by atoms with Crippen LogP contribution in [-0.4, -0.2) is 30.1 Å². The van der Waals surface area contributed by atoms with E-state index in [1.165, 1.54) is 12.1 Å². The summed E-state index contributed by atoms with van der Waals surface area (Å²) in [6.45, 7) is 4.66. The van der Waals surface area contributed by atoms with E-state index < -0.39 is 4.92 Å². The van der Waals surface area contributed by atoms with Crippen LogP contribution in [0.5, 0.6) is 0 Å². The molecule has 19 heavy (non-hydrogen) atoms. The number of carbonyl (C=O) groups is 1. The summed E-state index contributed by atoms with van der Waals surface area (Å²) in [5, 5.41) is 10.8. The number of rotatable bonds is 2. The fourth-order valence-electron chi connectivity index (χ4n) is 1.99. The van der Waals surface area contributed by atoms with E-state index in [-0.39, 0.29) is 17.5 Å². The average molecular weight is 261 g/mol. The fourth-order valence-corrected chi connectivity index (χ4v) is 1.99. The standard InChI is InChI=1S/C13H15N3O3/c1-9(2)13(17)15-6-5-14-8-10-7-11(16(18)19)3-4-12(10)15/h3-4,7-9H,5-6H2,1-2H3. The smallest absolute Gasteiger partial charge is 0.270 e. The van der Waals surface area contributed by atoms with Gasteiger partial charge in [-0.2, -0.15) is 0 Å². The van der Waals surface area contributed by atoms with Crippen molar-refractivity contribution in [1.29, 1.82) is 0 Å². The summed E-state index contributed by atoms with van der Waals surface area (Å²) >= 11 is 0. The largest absolute Gasteiger partial charge is 0.310 e. The van der Waals surface area contributed by atoms with Crippen molar-refractivity contribution in [3.8, 4) is 0 Å². The van der Waals surface area contributed by atoms with Crippen molar-refractivity contribution < 1.29 is 9.72 Å². The maximum Gasteiger partial charge on any atom is 0.270 e. The predicted octanol–water partition coefficient (Wildman–Crippen LogP) is 2.02. The minimum absolute atomic E-state index is 0.000558. The van der Waals surface area contributed by atoms with E-state index in [4.69, 9.17) is 0 Å². The number of hydrogen-bond donors (Lipinski definition) is 0. The van der Waals surface area contributed by atoms with Crippen molar-refractivity contribution in [3.05, 3.63) is 33.9 Å². The Morgan fingerprint density at radius 3 is 2.84 bits per heavy atom. The van der Waals surface area contributed by atoms with E-state index in [1.54, 1.807) is 17.2 Å². The Labute approximate surface area is 110 Å². The molecule has 1 aliphatic rings. The number of nitro benzene ring substituents is 1. The molecule has 0 spiro atoms. The van der Waals surface area contributed by atoms with Crippen LogP contribution in [-0.2, 0) is 4.79 Å². The Morgan fingerprint density at radius 2 is 2.21 bits per heavy atom. The van der Waals surface area contributed by atoms with Crippen LogP contribution in [0.2, 0.25) is 0 Å². The number of non-ortho nitro benzene ring substituents is 1. The third kappa shape index (κ3) is 2.62. The van der Waals surface area contributed by atoms with Crippen molar-refractivity contribution in [3.63, 3.8) is 0 Å². The lowest BCUT2D eigenvalue weighted by Crippen LogP contribution is -2.36. The second-order valence-corrected chi connectivity index (χ2v) is 4.68. The van der Waals surface area contributed by atoms with Crippen LogP contribution < -0.4 is 4.90 Å². The molecule has 0 fully saturated rings. The normalized spacial score (nSPS) is 14.2. The number of hydrogen-bond acceptors (Lipinski definition) is 4. The highest BCUT2D eigenvalue weighted by Gasteiger charge is 2.23. The fraction of sp³-hybridized carbons (Fsp3) is 0.385. The van der Waals surface area contributed by atoms with E-state index in [0.29, 0.717) is 24.3 Å². The summed E-state index contributed by atoms with van der Waals surface area (Å²) in [6, 6.07) is 4.48. The number of aliphatic imine (C=N–C) groups is 1. The van der Waals surface area contributed by atoms with Gasteiger partial charge in [0.25, 0.3) is 5.69 Å². The predicted molar refractivity (Wildman–Crippen MR) is 72.7 cm³/mol. The summed E-state index contributed by atoms with van der Waals surface area (Å²) in [4.78, 5) is 28.3. The molecule has 0 bridgehead atoms. The van der Waals surface area contributed by atoms with Crippen LogP contribution in [0.4, 0.5) is 11.4 Å². The highest BCUT2D eigenvalue weighted by Crippen LogP contribution is 2.26. The van der Waals surface area contributed by atoms with Gasteiger partial charge >= 0.3 is 0 Å². The van der Waals surface area contributed by atoms with E-state index in [9.17, 15) is 14.9 Å². The van der Waals surface area contributed by atoms with Gasteiger partial charge in [0.1, 0.15) is 0 Å². The van der Waals surface area contributed by atoms with Crippen LogP contribution in [0.25, 0.3) is 0 Å². The summed E-state index contributed by atoms with van der Waals surface area (Å²) in [6.07, 6.45) is 1.59. The van der Waals surface area contributed by atoms with Crippen molar-refractivity contribution in [1.82, 2.24) is 0 Å². The molecule has 0 N–H and O–H groups in total. The highest BCUT2D eigenvalue weighted by molar-refractivity contribution is 6.01. The summed E-state index contributed by atoms with van der Waals surface area (Å²) in [7, 11) is 0. The lowest BCUT2D eigenvalue weighted by molar-refractivity contribution is -0.384. The molecule has 0 unspecified atom stereocenters. The molecule has 0 atom stereocenters. The van der Waals surface area contributed by atoms with E-state index in [1.807, 2.05) is 13.8 Å². The molecule has 0 saturated heterocycles. The second-order valence-electron chi connectivity index (χ2n) is 4.68. The molecule has 1 heterocycles. The minimum atomic E-state index is -0.451. The number of nitrogens with zero attached hydrogens (tertiary/aromatic N) is 3. The van der Waals surface area contributed by atoms with Crippen LogP contribution in [0.1, 0.15) is 19.4 Å². The van der Waals surface area contributed by atoms with E-state index in [0.717, 1.165) is 0 Å². The van der Waals surface area contributed by atoms with Gasteiger partial charge in [0.2, 0.25) is 5.91 Å². The zero-order valence-corrected chi connectivity index (χ0v) is 10.9. The number of carbonyl (C=O) groups excluding carboxylic acids is 1. The van der Waals surface area contributed by atoms with Gasteiger partial charge in [-0.1, -0.05) is 13.8 Å². The summed E-state index contributed by atoms with van der Waals surface area (Å²) in [5.74, 6) is -0.123. The molecule has 0 aromatic heterocycles. The highest BCUT2D eigenvalue weighted by atomic mass is 16.6. The molecule has 100 valence electrons. The Hall–Kier alpha value is -2.24. The first-order valence-electron chi connectivity index (χ1n) is 6.10. The van der Waals surface area contributed by atoms with Gasteiger partial charge in [-0.3, -0.25) is 19.9 Å². The summed E-state index contributed by atoms with van der Waals surface area (Å²) in [5.41, 5.74) is 1.30. The monoisotopic (exact) mass is 261 g/mol. The molecule has 1 aromatic carbocycles. The molecule has 6 nitrogen and oxygen atoms in total. The maximum absolute atomic E-state index is 12.2. The molecule has 1 aromatic rings. The number of amides is 1. The Bertz CT molecular complexity index is 552. The van der Waals surface area contributed by atoms with Crippen LogP contribution >= 0.6 is 0 Å². The molecule has 1 amide bonds. The van der Waals surface area contributed by atoms with Crippen molar-refractivity contribution in [2.24, 2.45) is 10.9 Å². The molecule has 6 heteroatoms. The molecule has 1 aliphatic heterocycles. The first-order chi connectivity index (χ1) is 9.00. The number of fused-ring (bicyclic) bond motifs is 1. The number of benzodiazepines with no additional fused rings is 1. The van der Waals surface area contributed by atoms with E-state index >= 15 is 0 Å². The van der Waals surface area contributed by atoms with Crippen LogP contribution in [0.3, 0.4) is 0 Å². The molecular formula is C13H15N3O3. The Kier molecular flexibility index (Phi) is 3.59. The summed E-state index contributed by atoms with van der Waals surface area (Å²) < 4.78 is 0. The molecule has 2 rings (SSSR count). The van der Waals surface area contributed by atoms with Gasteiger partial charge in [0.05, 0.1) is 17.2 Å². The lowest BCUT2D eigenvalue weighted by atomic mass is 10.1. The Morgan fingerprint density at radius 1 is 1.47 bits per heavy atom. The first kappa shape index (κ1) is 13.2. The zero-order chi connectivity index (χ0) is 14.0. The number of nitro groups is 1. The molecular weight excluding hydrogens is 246 g/mol. The SMILES string of the molecule is CC(C)C(=O)N1CCN=Cc2cc([N+](=O)[O-])ccc21. The third-order valence-corrected chi connectivity index (χ3v) is 2.96. The molecule has 0 radical (unpaired) electrons. The first-order valence-corrected chi connectivity index (χ1v) is 6.10. The third-order valence-electron chi connectivity index (χ3n) is 2.96. The van der Waals surface area contributed by atoms with Gasteiger partial charge in [0, 0.05) is 36.4 Å². The Balaban J connectivity index is 2.46. The van der Waals surface area contributed by atoms with E-state index in [2.05, 4.69) is 4.99 Å². The molecule has 0 saturated carbocycles. The maximum atomic E-state index is 12.2. The minimum Gasteiger partial charge on any atom is -0.310 e.